The number of aromatic nitrogens is 3. The summed E-state index contributed by atoms with van der Waals surface area (Å²) in [5.74, 6) is 0.427. The van der Waals surface area contributed by atoms with Gasteiger partial charge in [-0.25, -0.2) is 9.78 Å². The van der Waals surface area contributed by atoms with E-state index in [1.165, 1.54) is 4.57 Å². The van der Waals surface area contributed by atoms with E-state index in [4.69, 9.17) is 5.26 Å². The summed E-state index contributed by atoms with van der Waals surface area (Å²) in [6.45, 7) is 1.89. The number of nitriles is 1. The zero-order valence-corrected chi connectivity index (χ0v) is 12.2. The first-order valence-corrected chi connectivity index (χ1v) is 7.02. The van der Waals surface area contributed by atoms with E-state index in [1.807, 2.05) is 11.0 Å². The lowest BCUT2D eigenvalue weighted by molar-refractivity contribution is 0.246. The molecule has 0 saturated carbocycles. The van der Waals surface area contributed by atoms with Crippen LogP contribution in [0.4, 0.5) is 5.82 Å². The van der Waals surface area contributed by atoms with E-state index in [1.54, 1.807) is 19.2 Å². The molecule has 0 bridgehead atoms. The van der Waals surface area contributed by atoms with Crippen molar-refractivity contribution in [2.75, 3.05) is 31.1 Å². The zero-order valence-electron chi connectivity index (χ0n) is 12.2. The van der Waals surface area contributed by atoms with Crippen LogP contribution in [0.25, 0.3) is 11.0 Å². The molecule has 2 aromatic heterocycles. The maximum atomic E-state index is 12.1. The second-order valence-corrected chi connectivity index (χ2v) is 5.19. The molecular formula is C14H16N6O2. The van der Waals surface area contributed by atoms with E-state index in [0.717, 1.165) is 6.54 Å². The van der Waals surface area contributed by atoms with Crippen LogP contribution in [0.2, 0.25) is 0 Å². The zero-order chi connectivity index (χ0) is 15.7. The Kier molecular flexibility index (Phi) is 3.75. The normalized spacial score (nSPS) is 18.4. The van der Waals surface area contributed by atoms with Crippen molar-refractivity contribution in [1.82, 2.24) is 19.9 Å². The SMILES string of the molecule is Cn1c(=O)nc(N2CCNCC2CO)c2nc(C#N)ccc21. The van der Waals surface area contributed by atoms with Crippen LogP contribution in [0.15, 0.2) is 16.9 Å². The van der Waals surface area contributed by atoms with Crippen molar-refractivity contribution in [3.05, 3.63) is 28.3 Å². The van der Waals surface area contributed by atoms with Gasteiger partial charge in [-0.15, -0.1) is 0 Å². The van der Waals surface area contributed by atoms with Gasteiger partial charge in [-0.3, -0.25) is 4.57 Å². The van der Waals surface area contributed by atoms with Gasteiger partial charge in [0.25, 0.3) is 0 Å². The average Bonchev–Trinajstić information content (AvgIpc) is 2.57. The van der Waals surface area contributed by atoms with E-state index >= 15 is 0 Å². The molecule has 0 radical (unpaired) electrons. The van der Waals surface area contributed by atoms with Crippen LogP contribution < -0.4 is 15.9 Å². The Hall–Kier alpha value is -2.50. The lowest BCUT2D eigenvalue weighted by Gasteiger charge is -2.36. The van der Waals surface area contributed by atoms with Crippen LogP contribution in [0.3, 0.4) is 0 Å². The smallest absolute Gasteiger partial charge is 0.349 e. The number of pyridine rings is 1. The Morgan fingerprint density at radius 2 is 2.32 bits per heavy atom. The van der Waals surface area contributed by atoms with E-state index in [2.05, 4.69) is 15.3 Å². The first kappa shape index (κ1) is 14.4. The summed E-state index contributed by atoms with van der Waals surface area (Å²) in [5.41, 5.74) is 1.000. The summed E-state index contributed by atoms with van der Waals surface area (Å²) < 4.78 is 1.41. The fourth-order valence-corrected chi connectivity index (χ4v) is 2.67. The summed E-state index contributed by atoms with van der Waals surface area (Å²) in [4.78, 5) is 22.4. The van der Waals surface area contributed by atoms with Crippen molar-refractivity contribution < 1.29 is 5.11 Å². The Balaban J connectivity index is 2.25. The van der Waals surface area contributed by atoms with Crippen LogP contribution in [0.5, 0.6) is 0 Å². The molecule has 114 valence electrons. The van der Waals surface area contributed by atoms with Gasteiger partial charge >= 0.3 is 5.69 Å². The fraction of sp³-hybridized carbons (Fsp3) is 0.429. The lowest BCUT2D eigenvalue weighted by atomic mass is 10.2. The molecule has 1 saturated heterocycles. The van der Waals surface area contributed by atoms with Crippen molar-refractivity contribution in [3.63, 3.8) is 0 Å². The standard InChI is InChI=1S/C14H16N6O2/c1-19-11-3-2-9(6-15)17-12(11)13(18-14(19)22)20-5-4-16-7-10(20)8-21/h2-3,10,16,21H,4-5,7-8H2,1H3. The largest absolute Gasteiger partial charge is 0.394 e. The molecule has 1 atom stereocenters. The Morgan fingerprint density at radius 3 is 3.05 bits per heavy atom. The summed E-state index contributed by atoms with van der Waals surface area (Å²) in [6.07, 6.45) is 0. The molecule has 0 spiro atoms. The third-order valence-electron chi connectivity index (χ3n) is 3.88. The van der Waals surface area contributed by atoms with Crippen LogP contribution in [-0.4, -0.2) is 51.9 Å². The Bertz CT molecular complexity index is 809. The quantitative estimate of drug-likeness (QED) is 0.730. The van der Waals surface area contributed by atoms with E-state index in [9.17, 15) is 9.90 Å². The molecule has 3 heterocycles. The molecule has 8 heteroatoms. The second-order valence-electron chi connectivity index (χ2n) is 5.19. The van der Waals surface area contributed by atoms with Crippen molar-refractivity contribution in [2.45, 2.75) is 6.04 Å². The predicted octanol–water partition coefficient (Wildman–Crippen LogP) is -1.03. The topological polar surface area (TPSA) is 107 Å². The van der Waals surface area contributed by atoms with Gasteiger partial charge in [-0.05, 0) is 12.1 Å². The molecule has 0 aromatic carbocycles. The minimum Gasteiger partial charge on any atom is -0.394 e. The highest BCUT2D eigenvalue weighted by Crippen LogP contribution is 2.23. The number of hydrogen-bond acceptors (Lipinski definition) is 7. The molecule has 3 rings (SSSR count). The van der Waals surface area contributed by atoms with E-state index in [-0.39, 0.29) is 24.0 Å². The van der Waals surface area contributed by atoms with Crippen molar-refractivity contribution in [3.8, 4) is 6.07 Å². The number of aliphatic hydroxyl groups is 1. The Labute approximate surface area is 126 Å². The highest BCUT2D eigenvalue weighted by atomic mass is 16.3. The van der Waals surface area contributed by atoms with E-state index in [0.29, 0.717) is 29.9 Å². The average molecular weight is 300 g/mol. The number of hydrogen-bond donors (Lipinski definition) is 2. The number of aryl methyl sites for hydroxylation is 1. The number of piperazine rings is 1. The molecule has 1 unspecified atom stereocenters. The predicted molar refractivity (Wildman–Crippen MR) is 80.6 cm³/mol. The third kappa shape index (κ3) is 2.30. The number of aliphatic hydroxyl groups excluding tert-OH is 1. The molecule has 1 aliphatic heterocycles. The number of fused-ring (bicyclic) bond motifs is 1. The molecule has 0 amide bonds. The van der Waals surface area contributed by atoms with Crippen LogP contribution >= 0.6 is 0 Å². The summed E-state index contributed by atoms with van der Waals surface area (Å²) in [5, 5.41) is 21.8. The molecule has 8 nitrogen and oxygen atoms in total. The Morgan fingerprint density at radius 1 is 1.50 bits per heavy atom. The van der Waals surface area contributed by atoms with Gasteiger partial charge in [0.2, 0.25) is 0 Å². The first-order valence-electron chi connectivity index (χ1n) is 7.02. The number of nitrogens with one attached hydrogen (secondary N) is 1. The van der Waals surface area contributed by atoms with Gasteiger partial charge in [0.1, 0.15) is 17.3 Å². The van der Waals surface area contributed by atoms with Gasteiger partial charge in [0.15, 0.2) is 5.82 Å². The molecule has 1 aliphatic rings. The molecule has 0 aliphatic carbocycles. The lowest BCUT2D eigenvalue weighted by Crippen LogP contribution is -2.54. The summed E-state index contributed by atoms with van der Waals surface area (Å²) >= 11 is 0. The first-order chi connectivity index (χ1) is 10.7. The minimum atomic E-state index is -0.385. The summed E-state index contributed by atoms with van der Waals surface area (Å²) in [7, 11) is 1.62. The van der Waals surface area contributed by atoms with Crippen LogP contribution in [-0.2, 0) is 7.05 Å². The molecule has 22 heavy (non-hydrogen) atoms. The monoisotopic (exact) mass is 300 g/mol. The minimum absolute atomic E-state index is 0.0523. The van der Waals surface area contributed by atoms with E-state index < -0.39 is 0 Å². The number of nitrogens with zero attached hydrogens (tertiary/aromatic N) is 5. The maximum Gasteiger partial charge on any atom is 0.349 e. The summed E-state index contributed by atoms with van der Waals surface area (Å²) in [6, 6.07) is 5.10. The maximum absolute atomic E-state index is 12.1. The highest BCUT2D eigenvalue weighted by molar-refractivity contribution is 5.86. The van der Waals surface area contributed by atoms with Gasteiger partial charge < -0.3 is 15.3 Å². The van der Waals surface area contributed by atoms with Crippen molar-refractivity contribution in [1.29, 1.82) is 5.26 Å². The molecule has 1 fully saturated rings. The second kappa shape index (κ2) is 5.71. The number of anilines is 1. The third-order valence-corrected chi connectivity index (χ3v) is 3.88. The van der Waals surface area contributed by atoms with Gasteiger partial charge in [0.05, 0.1) is 18.2 Å². The van der Waals surface area contributed by atoms with Crippen molar-refractivity contribution >= 4 is 16.9 Å². The van der Waals surface area contributed by atoms with Crippen LogP contribution in [0.1, 0.15) is 5.69 Å². The highest BCUT2D eigenvalue weighted by Gasteiger charge is 2.26. The van der Waals surface area contributed by atoms with Crippen LogP contribution in [0, 0.1) is 11.3 Å². The number of rotatable bonds is 2. The van der Waals surface area contributed by atoms with Gasteiger partial charge in [-0.1, -0.05) is 0 Å². The molecule has 2 N–H and O–H groups in total. The molecule has 2 aromatic rings. The van der Waals surface area contributed by atoms with Crippen molar-refractivity contribution in [2.24, 2.45) is 7.05 Å². The van der Waals surface area contributed by atoms with Gasteiger partial charge in [-0.2, -0.15) is 10.2 Å². The fourth-order valence-electron chi connectivity index (χ4n) is 2.67. The molecular weight excluding hydrogens is 284 g/mol. The van der Waals surface area contributed by atoms with Gasteiger partial charge in [0, 0.05) is 26.7 Å².